The summed E-state index contributed by atoms with van der Waals surface area (Å²) < 4.78 is 5.98. The van der Waals surface area contributed by atoms with Crippen LogP contribution in [0, 0.1) is 20.8 Å². The second-order valence-corrected chi connectivity index (χ2v) is 8.63. The zero-order chi connectivity index (χ0) is 22.5. The third-order valence-corrected chi connectivity index (χ3v) is 6.33. The number of carbonyl (C=O) groups excluding carboxylic acids is 1. The Kier molecular flexibility index (Phi) is 7.57. The van der Waals surface area contributed by atoms with E-state index in [0.717, 1.165) is 53.9 Å². The van der Waals surface area contributed by atoms with E-state index in [1.807, 2.05) is 57.2 Å². The number of anilines is 1. The molecule has 2 atom stereocenters. The molecule has 1 fully saturated rings. The summed E-state index contributed by atoms with van der Waals surface area (Å²) in [6.07, 6.45) is 0.646. The highest BCUT2D eigenvalue weighted by atomic mass is 16.5. The molecule has 6 nitrogen and oxygen atoms in total. The van der Waals surface area contributed by atoms with Gasteiger partial charge in [-0.3, -0.25) is 4.79 Å². The number of rotatable bonds is 7. The monoisotopic (exact) mass is 425 g/mol. The number of aliphatic hydroxyl groups is 1. The van der Waals surface area contributed by atoms with Crippen LogP contribution in [0.3, 0.4) is 0 Å². The summed E-state index contributed by atoms with van der Waals surface area (Å²) in [5.74, 6) is 0.603. The van der Waals surface area contributed by atoms with Crippen LogP contribution < -0.4 is 15.8 Å². The minimum Gasteiger partial charge on any atom is -0.481 e. The Labute approximate surface area is 185 Å². The smallest absolute Gasteiger partial charge is 0.260 e. The average Bonchev–Trinajstić information content (AvgIpc) is 2.77. The molecule has 1 aliphatic heterocycles. The van der Waals surface area contributed by atoms with Gasteiger partial charge >= 0.3 is 0 Å². The van der Waals surface area contributed by atoms with Crippen molar-refractivity contribution >= 4 is 11.6 Å². The molecule has 4 N–H and O–H groups in total. The molecule has 6 heteroatoms. The van der Waals surface area contributed by atoms with E-state index in [-0.39, 0.29) is 11.9 Å². The standard InChI is InChI=1S/C25H35N3O3/c1-16-14-23(17(2)18(3)24(16)26)31-19(4)25(30)27-21-10-12-28(13-11-21)15-22(29)20-8-6-5-7-9-20/h5-9,14,19,21-22,29H,10-13,15,26H2,1-4H3,(H,27,30). The summed E-state index contributed by atoms with van der Waals surface area (Å²) >= 11 is 0. The molecule has 0 aromatic heterocycles. The van der Waals surface area contributed by atoms with Crippen LogP contribution in [0.4, 0.5) is 5.69 Å². The molecular weight excluding hydrogens is 390 g/mol. The van der Waals surface area contributed by atoms with Gasteiger partial charge in [-0.05, 0) is 68.9 Å². The van der Waals surface area contributed by atoms with E-state index in [1.165, 1.54) is 0 Å². The normalized spacial score (nSPS) is 17.2. The van der Waals surface area contributed by atoms with Crippen molar-refractivity contribution in [1.29, 1.82) is 0 Å². The minimum absolute atomic E-state index is 0.102. The van der Waals surface area contributed by atoms with Gasteiger partial charge in [0.1, 0.15) is 5.75 Å². The lowest BCUT2D eigenvalue weighted by Gasteiger charge is -2.34. The predicted molar refractivity (Wildman–Crippen MR) is 124 cm³/mol. The van der Waals surface area contributed by atoms with Crippen molar-refractivity contribution in [1.82, 2.24) is 10.2 Å². The fraction of sp³-hybridized carbons (Fsp3) is 0.480. The van der Waals surface area contributed by atoms with Gasteiger partial charge in [-0.15, -0.1) is 0 Å². The van der Waals surface area contributed by atoms with Crippen LogP contribution in [-0.2, 0) is 4.79 Å². The number of likely N-dealkylation sites (tertiary alicyclic amines) is 1. The fourth-order valence-corrected chi connectivity index (χ4v) is 4.04. The largest absolute Gasteiger partial charge is 0.481 e. The van der Waals surface area contributed by atoms with Gasteiger partial charge in [-0.25, -0.2) is 0 Å². The van der Waals surface area contributed by atoms with E-state index in [2.05, 4.69) is 10.2 Å². The Morgan fingerprint density at radius 3 is 2.48 bits per heavy atom. The van der Waals surface area contributed by atoms with Crippen LogP contribution in [0.2, 0.25) is 0 Å². The molecule has 0 bridgehead atoms. The minimum atomic E-state index is -0.584. The highest BCUT2D eigenvalue weighted by Gasteiger charge is 2.25. The molecular formula is C25H35N3O3. The topological polar surface area (TPSA) is 87.8 Å². The second kappa shape index (κ2) is 10.2. The molecule has 0 spiro atoms. The number of nitrogen functional groups attached to an aromatic ring is 1. The molecule has 2 aromatic rings. The van der Waals surface area contributed by atoms with Crippen molar-refractivity contribution in [3.05, 3.63) is 58.7 Å². The molecule has 1 aliphatic rings. The molecule has 1 amide bonds. The summed E-state index contributed by atoms with van der Waals surface area (Å²) in [5.41, 5.74) is 10.7. The number of aliphatic hydroxyl groups excluding tert-OH is 1. The zero-order valence-corrected chi connectivity index (χ0v) is 19.0. The van der Waals surface area contributed by atoms with Gasteiger partial charge in [0.2, 0.25) is 0 Å². The first-order valence-electron chi connectivity index (χ1n) is 11.0. The van der Waals surface area contributed by atoms with Crippen LogP contribution in [-0.4, -0.2) is 47.7 Å². The van der Waals surface area contributed by atoms with Crippen LogP contribution >= 0.6 is 0 Å². The number of amides is 1. The number of β-amino-alcohol motifs (C(OH)–C–C–N with tert-alkyl or cyclic N) is 1. The van der Waals surface area contributed by atoms with Gasteiger partial charge in [0.15, 0.2) is 6.10 Å². The molecule has 2 aromatic carbocycles. The Morgan fingerprint density at radius 2 is 1.84 bits per heavy atom. The van der Waals surface area contributed by atoms with Crippen LogP contribution in [0.5, 0.6) is 5.75 Å². The predicted octanol–water partition coefficient (Wildman–Crippen LogP) is 3.28. The first-order chi connectivity index (χ1) is 14.8. The Bertz CT molecular complexity index is 893. The van der Waals surface area contributed by atoms with Crippen LogP contribution in [0.25, 0.3) is 0 Å². The number of aryl methyl sites for hydroxylation is 1. The van der Waals surface area contributed by atoms with Gasteiger partial charge in [0.25, 0.3) is 5.91 Å². The lowest BCUT2D eigenvalue weighted by molar-refractivity contribution is -0.128. The molecule has 0 aliphatic carbocycles. The fourth-order valence-electron chi connectivity index (χ4n) is 4.04. The first-order valence-corrected chi connectivity index (χ1v) is 11.0. The molecule has 31 heavy (non-hydrogen) atoms. The van der Waals surface area contributed by atoms with Crippen molar-refractivity contribution < 1.29 is 14.6 Å². The number of benzene rings is 2. The van der Waals surface area contributed by atoms with E-state index in [0.29, 0.717) is 12.3 Å². The molecule has 0 radical (unpaired) electrons. The molecule has 1 saturated heterocycles. The van der Waals surface area contributed by atoms with E-state index >= 15 is 0 Å². The van der Waals surface area contributed by atoms with Gasteiger partial charge in [-0.2, -0.15) is 0 Å². The van der Waals surface area contributed by atoms with Crippen molar-refractivity contribution in [3.8, 4) is 5.75 Å². The van der Waals surface area contributed by atoms with Crippen molar-refractivity contribution in [2.24, 2.45) is 0 Å². The molecule has 0 saturated carbocycles. The third-order valence-electron chi connectivity index (χ3n) is 6.33. The number of piperidine rings is 1. The molecule has 168 valence electrons. The number of carbonyl (C=O) groups is 1. The second-order valence-electron chi connectivity index (χ2n) is 8.63. The summed E-state index contributed by atoms with van der Waals surface area (Å²) in [6, 6.07) is 11.8. The van der Waals surface area contributed by atoms with E-state index < -0.39 is 12.2 Å². The van der Waals surface area contributed by atoms with Gasteiger partial charge < -0.3 is 25.8 Å². The molecule has 3 rings (SSSR count). The summed E-state index contributed by atoms with van der Waals surface area (Å²) in [7, 11) is 0. The highest BCUT2D eigenvalue weighted by molar-refractivity contribution is 5.81. The number of hydrogen-bond donors (Lipinski definition) is 3. The number of nitrogens with one attached hydrogen (secondary N) is 1. The average molecular weight is 426 g/mol. The van der Waals surface area contributed by atoms with Crippen LogP contribution in [0.15, 0.2) is 36.4 Å². The van der Waals surface area contributed by atoms with E-state index in [9.17, 15) is 9.90 Å². The third kappa shape index (κ3) is 5.77. The van der Waals surface area contributed by atoms with Gasteiger partial charge in [-0.1, -0.05) is 30.3 Å². The first kappa shape index (κ1) is 23.1. The Hall–Kier alpha value is -2.57. The number of ether oxygens (including phenoxy) is 1. The lowest BCUT2D eigenvalue weighted by Crippen LogP contribution is -2.48. The highest BCUT2D eigenvalue weighted by Crippen LogP contribution is 2.30. The van der Waals surface area contributed by atoms with Gasteiger partial charge in [0.05, 0.1) is 6.10 Å². The SMILES string of the molecule is Cc1cc(OC(C)C(=O)NC2CCN(CC(O)c3ccccc3)CC2)c(C)c(C)c1N. The van der Waals surface area contributed by atoms with E-state index in [1.54, 1.807) is 6.92 Å². The zero-order valence-electron chi connectivity index (χ0n) is 19.0. The van der Waals surface area contributed by atoms with Gasteiger partial charge in [0, 0.05) is 31.4 Å². The maximum atomic E-state index is 12.7. The molecule has 1 heterocycles. The Morgan fingerprint density at radius 1 is 1.19 bits per heavy atom. The number of hydrogen-bond acceptors (Lipinski definition) is 5. The molecule has 2 unspecified atom stereocenters. The van der Waals surface area contributed by atoms with Crippen molar-refractivity contribution in [3.63, 3.8) is 0 Å². The maximum absolute atomic E-state index is 12.7. The Balaban J connectivity index is 1.47. The summed E-state index contributed by atoms with van der Waals surface area (Å²) in [5, 5.41) is 13.6. The quantitative estimate of drug-likeness (QED) is 0.593. The lowest BCUT2D eigenvalue weighted by atomic mass is 10.0. The summed E-state index contributed by atoms with van der Waals surface area (Å²) in [6.45, 7) is 9.96. The number of nitrogens with two attached hydrogens (primary N) is 1. The number of nitrogens with zero attached hydrogens (tertiary/aromatic N) is 1. The maximum Gasteiger partial charge on any atom is 0.260 e. The van der Waals surface area contributed by atoms with Crippen LogP contribution in [0.1, 0.15) is 48.1 Å². The summed E-state index contributed by atoms with van der Waals surface area (Å²) in [4.78, 5) is 14.9. The van der Waals surface area contributed by atoms with Crippen molar-refractivity contribution in [2.75, 3.05) is 25.4 Å². The van der Waals surface area contributed by atoms with E-state index in [4.69, 9.17) is 10.5 Å². The van der Waals surface area contributed by atoms with Crippen molar-refractivity contribution in [2.45, 2.75) is 58.8 Å².